The lowest BCUT2D eigenvalue weighted by atomic mass is 10.1. The van der Waals surface area contributed by atoms with E-state index in [4.69, 9.17) is 5.73 Å². The number of nitrogens with zero attached hydrogens (tertiary/aromatic N) is 2. The van der Waals surface area contributed by atoms with Gasteiger partial charge >= 0.3 is 0 Å². The zero-order valence-electron chi connectivity index (χ0n) is 10.3. The molecular weight excluding hydrogens is 232 g/mol. The van der Waals surface area contributed by atoms with Gasteiger partial charge in [0.2, 0.25) is 0 Å². The summed E-state index contributed by atoms with van der Waals surface area (Å²) in [5.41, 5.74) is 5.88. The molecular formula is C12H22N4S. The van der Waals surface area contributed by atoms with Gasteiger partial charge in [-0.05, 0) is 25.9 Å². The third-order valence-corrected chi connectivity index (χ3v) is 4.08. The first-order chi connectivity index (χ1) is 8.34. The molecule has 4 nitrogen and oxygen atoms in total. The fourth-order valence-corrected chi connectivity index (χ4v) is 2.73. The van der Waals surface area contributed by atoms with Crippen molar-refractivity contribution in [2.45, 2.75) is 25.3 Å². The Labute approximate surface area is 107 Å². The van der Waals surface area contributed by atoms with Crippen molar-refractivity contribution in [3.63, 3.8) is 0 Å². The van der Waals surface area contributed by atoms with Gasteiger partial charge < -0.3 is 16.0 Å². The molecule has 1 aromatic rings. The summed E-state index contributed by atoms with van der Waals surface area (Å²) in [4.78, 5) is 6.77. The quantitative estimate of drug-likeness (QED) is 0.734. The van der Waals surface area contributed by atoms with E-state index in [9.17, 15) is 0 Å². The molecule has 1 fully saturated rings. The molecule has 0 atom stereocenters. The Kier molecular flexibility index (Phi) is 5.38. The van der Waals surface area contributed by atoms with Crippen molar-refractivity contribution in [1.29, 1.82) is 0 Å². The van der Waals surface area contributed by atoms with Crippen molar-refractivity contribution in [2.75, 3.05) is 32.7 Å². The number of hydrogen-bond donors (Lipinski definition) is 2. The lowest BCUT2D eigenvalue weighted by Gasteiger charge is -2.29. The van der Waals surface area contributed by atoms with E-state index in [-0.39, 0.29) is 0 Å². The molecule has 0 bridgehead atoms. The van der Waals surface area contributed by atoms with Crippen LogP contribution in [0.2, 0.25) is 0 Å². The zero-order chi connectivity index (χ0) is 11.9. The number of thiazole rings is 1. The maximum Gasteiger partial charge on any atom is 0.0937 e. The van der Waals surface area contributed by atoms with Crippen LogP contribution in [-0.4, -0.2) is 48.6 Å². The van der Waals surface area contributed by atoms with Crippen LogP contribution in [-0.2, 0) is 6.42 Å². The van der Waals surface area contributed by atoms with Crippen molar-refractivity contribution in [3.05, 3.63) is 16.6 Å². The fraction of sp³-hybridized carbons (Fsp3) is 0.750. The molecule has 0 saturated carbocycles. The van der Waals surface area contributed by atoms with Crippen LogP contribution >= 0.6 is 11.3 Å². The number of piperidine rings is 1. The SMILES string of the molecule is NC1CCN(CCNCCc2nccs2)CC1. The molecule has 0 amide bonds. The molecule has 0 unspecified atom stereocenters. The molecule has 2 rings (SSSR count). The van der Waals surface area contributed by atoms with E-state index in [1.165, 1.54) is 5.01 Å². The average Bonchev–Trinajstić information content (AvgIpc) is 2.84. The van der Waals surface area contributed by atoms with E-state index >= 15 is 0 Å². The standard InChI is InChI=1S/C12H22N4S/c13-11-2-7-16(8-3-11)9-5-14-4-1-12-15-6-10-17-12/h6,10-11,14H,1-5,7-9,13H2. The summed E-state index contributed by atoms with van der Waals surface area (Å²) in [6.07, 6.45) is 5.22. The molecule has 1 aromatic heterocycles. The number of nitrogens with two attached hydrogens (primary N) is 1. The van der Waals surface area contributed by atoms with Crippen LogP contribution in [0.15, 0.2) is 11.6 Å². The molecule has 0 radical (unpaired) electrons. The Balaban J connectivity index is 1.49. The Morgan fingerprint density at radius 3 is 2.94 bits per heavy atom. The van der Waals surface area contributed by atoms with E-state index in [0.717, 1.165) is 52.0 Å². The van der Waals surface area contributed by atoms with Crippen LogP contribution in [0.1, 0.15) is 17.8 Å². The van der Waals surface area contributed by atoms with E-state index in [2.05, 4.69) is 15.2 Å². The highest BCUT2D eigenvalue weighted by Gasteiger charge is 2.14. The third kappa shape index (κ3) is 4.71. The van der Waals surface area contributed by atoms with Gasteiger partial charge in [-0.25, -0.2) is 4.98 Å². The summed E-state index contributed by atoms with van der Waals surface area (Å²) >= 11 is 1.73. The molecule has 5 heteroatoms. The first kappa shape index (κ1) is 13.0. The molecule has 2 heterocycles. The van der Waals surface area contributed by atoms with E-state index in [1.807, 2.05) is 11.6 Å². The Morgan fingerprint density at radius 2 is 2.24 bits per heavy atom. The van der Waals surface area contributed by atoms with Gasteiger partial charge in [-0.15, -0.1) is 11.3 Å². The van der Waals surface area contributed by atoms with Gasteiger partial charge in [0.25, 0.3) is 0 Å². The predicted molar refractivity (Wildman–Crippen MR) is 72.3 cm³/mol. The van der Waals surface area contributed by atoms with E-state index < -0.39 is 0 Å². The lowest BCUT2D eigenvalue weighted by molar-refractivity contribution is 0.214. The monoisotopic (exact) mass is 254 g/mol. The summed E-state index contributed by atoms with van der Waals surface area (Å²) < 4.78 is 0. The van der Waals surface area contributed by atoms with Gasteiger partial charge in [0.15, 0.2) is 0 Å². The Morgan fingerprint density at radius 1 is 1.41 bits per heavy atom. The molecule has 0 spiro atoms. The van der Waals surface area contributed by atoms with Crippen LogP contribution in [0.25, 0.3) is 0 Å². The largest absolute Gasteiger partial charge is 0.328 e. The van der Waals surface area contributed by atoms with E-state index in [1.54, 1.807) is 11.3 Å². The highest BCUT2D eigenvalue weighted by molar-refractivity contribution is 7.09. The summed E-state index contributed by atoms with van der Waals surface area (Å²) in [6, 6.07) is 0.434. The van der Waals surface area contributed by atoms with Gasteiger partial charge in [-0.1, -0.05) is 0 Å². The van der Waals surface area contributed by atoms with Gasteiger partial charge in [0, 0.05) is 43.7 Å². The molecule has 17 heavy (non-hydrogen) atoms. The molecule has 0 aliphatic carbocycles. The van der Waals surface area contributed by atoms with Crippen LogP contribution in [0.5, 0.6) is 0 Å². The van der Waals surface area contributed by atoms with Crippen molar-refractivity contribution in [3.8, 4) is 0 Å². The summed E-state index contributed by atoms with van der Waals surface area (Å²) in [5.74, 6) is 0. The second-order valence-electron chi connectivity index (χ2n) is 4.60. The highest BCUT2D eigenvalue weighted by atomic mass is 32.1. The van der Waals surface area contributed by atoms with Crippen LogP contribution < -0.4 is 11.1 Å². The lowest BCUT2D eigenvalue weighted by Crippen LogP contribution is -2.42. The molecule has 1 aliphatic rings. The van der Waals surface area contributed by atoms with Crippen LogP contribution in [0.3, 0.4) is 0 Å². The smallest absolute Gasteiger partial charge is 0.0937 e. The number of rotatable bonds is 6. The third-order valence-electron chi connectivity index (χ3n) is 3.24. The van der Waals surface area contributed by atoms with Crippen molar-refractivity contribution in [1.82, 2.24) is 15.2 Å². The maximum absolute atomic E-state index is 5.88. The molecule has 96 valence electrons. The van der Waals surface area contributed by atoms with Crippen molar-refractivity contribution in [2.24, 2.45) is 5.73 Å². The summed E-state index contributed by atoms with van der Waals surface area (Å²) in [5, 5.41) is 6.73. The number of nitrogens with one attached hydrogen (secondary N) is 1. The molecule has 1 saturated heterocycles. The van der Waals surface area contributed by atoms with Gasteiger partial charge in [-0.3, -0.25) is 0 Å². The second-order valence-corrected chi connectivity index (χ2v) is 5.58. The van der Waals surface area contributed by atoms with Gasteiger partial charge in [-0.2, -0.15) is 0 Å². The first-order valence-electron chi connectivity index (χ1n) is 6.41. The van der Waals surface area contributed by atoms with Crippen LogP contribution in [0.4, 0.5) is 0 Å². The van der Waals surface area contributed by atoms with Crippen molar-refractivity contribution >= 4 is 11.3 Å². The van der Waals surface area contributed by atoms with Gasteiger partial charge in [0.05, 0.1) is 5.01 Å². The summed E-state index contributed by atoms with van der Waals surface area (Å²) in [6.45, 7) is 5.57. The molecule has 0 aromatic carbocycles. The maximum atomic E-state index is 5.88. The van der Waals surface area contributed by atoms with Crippen LogP contribution in [0, 0.1) is 0 Å². The number of likely N-dealkylation sites (tertiary alicyclic amines) is 1. The minimum absolute atomic E-state index is 0.434. The topological polar surface area (TPSA) is 54.2 Å². The normalized spacial score (nSPS) is 18.6. The van der Waals surface area contributed by atoms with Crippen molar-refractivity contribution < 1.29 is 0 Å². The minimum Gasteiger partial charge on any atom is -0.328 e. The Bertz CT molecular complexity index is 293. The predicted octanol–water partition coefficient (Wildman–Crippen LogP) is 0.698. The minimum atomic E-state index is 0.434. The molecule has 3 N–H and O–H groups in total. The number of aromatic nitrogens is 1. The second kappa shape index (κ2) is 7.06. The van der Waals surface area contributed by atoms with E-state index in [0.29, 0.717) is 6.04 Å². The average molecular weight is 254 g/mol. The zero-order valence-corrected chi connectivity index (χ0v) is 11.1. The van der Waals surface area contributed by atoms with Gasteiger partial charge in [0.1, 0.15) is 0 Å². The first-order valence-corrected chi connectivity index (χ1v) is 7.29. The molecule has 1 aliphatic heterocycles. The highest BCUT2D eigenvalue weighted by Crippen LogP contribution is 2.07. The fourth-order valence-electron chi connectivity index (χ4n) is 2.11. The Hall–Kier alpha value is -0.490. The summed E-state index contributed by atoms with van der Waals surface area (Å²) in [7, 11) is 0. The number of hydrogen-bond acceptors (Lipinski definition) is 5.